The van der Waals surface area contributed by atoms with Crippen molar-refractivity contribution in [2.75, 3.05) is 6.54 Å². The molecule has 0 spiro atoms. The van der Waals surface area contributed by atoms with Crippen LogP contribution in [0, 0.1) is 5.92 Å². The molecule has 0 aliphatic carbocycles. The predicted octanol–water partition coefficient (Wildman–Crippen LogP) is -0.584. The van der Waals surface area contributed by atoms with Crippen molar-refractivity contribution in [1.82, 2.24) is 10.6 Å². The Bertz CT molecular complexity index is 792. The second-order valence-corrected chi connectivity index (χ2v) is 8.02. The molecule has 1 rings (SSSR count). The molecular weight excluding hydrogens is 416 g/mol. The number of hydrogen-bond donors (Lipinski definition) is 7. The fourth-order valence-corrected chi connectivity index (χ4v) is 3.00. The number of aliphatic imine (C=N–C) groups is 1. The van der Waals surface area contributed by atoms with E-state index in [1.165, 1.54) is 12.1 Å². The largest absolute Gasteiger partial charge is 0.508 e. The quantitative estimate of drug-likeness (QED) is 0.117. The fourth-order valence-electron chi connectivity index (χ4n) is 3.00. The highest BCUT2D eigenvalue weighted by atomic mass is 16.4. The summed E-state index contributed by atoms with van der Waals surface area (Å²) >= 11 is 0. The first kappa shape index (κ1) is 26.7. The van der Waals surface area contributed by atoms with Crippen molar-refractivity contribution < 1.29 is 24.6 Å². The number of carbonyl (C=O) groups excluding carboxylic acids is 2. The lowest BCUT2D eigenvalue weighted by atomic mass is 10.0. The van der Waals surface area contributed by atoms with Crippen molar-refractivity contribution in [1.29, 1.82) is 0 Å². The molecule has 11 heteroatoms. The number of amides is 2. The van der Waals surface area contributed by atoms with Crippen LogP contribution in [0.2, 0.25) is 0 Å². The molecule has 0 saturated carbocycles. The molecule has 1 aromatic carbocycles. The van der Waals surface area contributed by atoms with Gasteiger partial charge in [-0.15, -0.1) is 0 Å². The van der Waals surface area contributed by atoms with Crippen LogP contribution >= 0.6 is 0 Å². The Balaban J connectivity index is 2.92. The summed E-state index contributed by atoms with van der Waals surface area (Å²) < 4.78 is 0. The van der Waals surface area contributed by atoms with Crippen LogP contribution in [-0.4, -0.2) is 58.6 Å². The first-order chi connectivity index (χ1) is 15.0. The molecule has 0 bridgehead atoms. The van der Waals surface area contributed by atoms with Crippen molar-refractivity contribution in [3.05, 3.63) is 29.8 Å². The van der Waals surface area contributed by atoms with E-state index >= 15 is 0 Å². The van der Waals surface area contributed by atoms with E-state index in [0.29, 0.717) is 18.4 Å². The third kappa shape index (κ3) is 10.1. The Morgan fingerprint density at radius 1 is 1.03 bits per heavy atom. The maximum Gasteiger partial charge on any atom is 0.326 e. The minimum atomic E-state index is -1.21. The van der Waals surface area contributed by atoms with Crippen LogP contribution in [0.4, 0.5) is 0 Å². The number of phenolic OH excluding ortho intramolecular Hbond substituents is 1. The Morgan fingerprint density at radius 2 is 1.62 bits per heavy atom. The van der Waals surface area contributed by atoms with Gasteiger partial charge in [-0.1, -0.05) is 26.0 Å². The molecule has 32 heavy (non-hydrogen) atoms. The number of phenols is 1. The summed E-state index contributed by atoms with van der Waals surface area (Å²) in [7, 11) is 0. The third-order valence-corrected chi connectivity index (χ3v) is 4.63. The lowest BCUT2D eigenvalue weighted by Gasteiger charge is -2.23. The molecule has 0 fully saturated rings. The molecule has 0 radical (unpaired) electrons. The molecule has 0 aliphatic heterocycles. The van der Waals surface area contributed by atoms with Gasteiger partial charge in [0.1, 0.15) is 17.8 Å². The number of hydrogen-bond acceptors (Lipinski definition) is 6. The number of nitrogens with zero attached hydrogens (tertiary/aromatic N) is 1. The molecule has 11 nitrogen and oxygen atoms in total. The number of nitrogens with two attached hydrogens (primary N) is 3. The highest BCUT2D eigenvalue weighted by Crippen LogP contribution is 2.12. The van der Waals surface area contributed by atoms with Gasteiger partial charge in [0, 0.05) is 13.0 Å². The Morgan fingerprint density at radius 3 is 2.16 bits per heavy atom. The predicted molar refractivity (Wildman–Crippen MR) is 121 cm³/mol. The van der Waals surface area contributed by atoms with Gasteiger partial charge in [-0.2, -0.15) is 0 Å². The summed E-state index contributed by atoms with van der Waals surface area (Å²) in [5.41, 5.74) is 17.1. The molecule has 1 aromatic rings. The van der Waals surface area contributed by atoms with Crippen molar-refractivity contribution in [3.8, 4) is 5.75 Å². The number of carboxylic acid groups (broad SMARTS) is 1. The van der Waals surface area contributed by atoms with Crippen molar-refractivity contribution >= 4 is 23.7 Å². The molecule has 0 unspecified atom stereocenters. The second kappa shape index (κ2) is 13.2. The van der Waals surface area contributed by atoms with Crippen LogP contribution < -0.4 is 27.8 Å². The number of benzene rings is 1. The van der Waals surface area contributed by atoms with E-state index in [4.69, 9.17) is 17.2 Å². The zero-order valence-corrected chi connectivity index (χ0v) is 18.5. The Hall–Kier alpha value is -3.34. The van der Waals surface area contributed by atoms with Gasteiger partial charge in [-0.3, -0.25) is 14.6 Å². The van der Waals surface area contributed by atoms with Gasteiger partial charge >= 0.3 is 5.97 Å². The van der Waals surface area contributed by atoms with Gasteiger partial charge in [0.15, 0.2) is 5.96 Å². The Kier molecular flexibility index (Phi) is 11.0. The molecule has 178 valence electrons. The van der Waals surface area contributed by atoms with E-state index in [2.05, 4.69) is 15.6 Å². The topological polar surface area (TPSA) is 206 Å². The monoisotopic (exact) mass is 450 g/mol. The highest BCUT2D eigenvalue weighted by Gasteiger charge is 2.28. The zero-order chi connectivity index (χ0) is 24.3. The number of rotatable bonds is 13. The molecule has 2 amide bonds. The number of carboxylic acids is 1. The molecule has 0 aliphatic rings. The summed E-state index contributed by atoms with van der Waals surface area (Å²) in [4.78, 5) is 40.8. The van der Waals surface area contributed by atoms with Crippen molar-refractivity contribution in [2.45, 2.75) is 57.7 Å². The van der Waals surface area contributed by atoms with Gasteiger partial charge in [0.25, 0.3) is 0 Å². The SMILES string of the molecule is CC(C)C[C@H](N)C(=O)N[C@@H](Cc1ccc(O)cc1)C(=O)N[C@@H](CCCN=C(N)N)C(=O)O. The normalized spacial score (nSPS) is 13.6. The minimum Gasteiger partial charge on any atom is -0.508 e. The number of nitrogens with one attached hydrogen (secondary N) is 2. The maximum absolute atomic E-state index is 12.9. The van der Waals surface area contributed by atoms with E-state index in [1.54, 1.807) is 12.1 Å². The van der Waals surface area contributed by atoms with Crippen LogP contribution in [0.1, 0.15) is 38.7 Å². The molecular formula is C21H34N6O5. The summed E-state index contributed by atoms with van der Waals surface area (Å²) in [6.07, 6.45) is 0.961. The van der Waals surface area contributed by atoms with E-state index in [0.717, 1.165) is 0 Å². The second-order valence-electron chi connectivity index (χ2n) is 8.02. The van der Waals surface area contributed by atoms with Crippen LogP contribution in [0.5, 0.6) is 5.75 Å². The van der Waals surface area contributed by atoms with Gasteiger partial charge in [0.05, 0.1) is 6.04 Å². The average Bonchev–Trinajstić information content (AvgIpc) is 2.70. The molecule has 10 N–H and O–H groups in total. The van der Waals surface area contributed by atoms with Crippen molar-refractivity contribution in [3.63, 3.8) is 0 Å². The first-order valence-electron chi connectivity index (χ1n) is 10.4. The maximum atomic E-state index is 12.9. The zero-order valence-electron chi connectivity index (χ0n) is 18.5. The standard InChI is InChI=1S/C21H34N6O5/c1-12(2)10-15(22)18(29)27-17(11-13-5-7-14(28)8-6-13)19(30)26-16(20(31)32)4-3-9-25-21(23)24/h5-8,12,15-17,28H,3-4,9-11,22H2,1-2H3,(H,26,30)(H,27,29)(H,31,32)(H4,23,24,25)/t15-,16-,17-/m0/s1. The van der Waals surface area contributed by atoms with Gasteiger partial charge in [0.2, 0.25) is 11.8 Å². The number of carbonyl (C=O) groups is 3. The van der Waals surface area contributed by atoms with Crippen LogP contribution in [-0.2, 0) is 20.8 Å². The number of aromatic hydroxyl groups is 1. The molecule has 0 aromatic heterocycles. The minimum absolute atomic E-state index is 0.0597. The summed E-state index contributed by atoms with van der Waals surface area (Å²) in [5, 5.41) is 24.0. The first-order valence-corrected chi connectivity index (χ1v) is 10.4. The molecule has 0 saturated heterocycles. The third-order valence-electron chi connectivity index (χ3n) is 4.63. The van der Waals surface area contributed by atoms with E-state index in [9.17, 15) is 24.6 Å². The lowest BCUT2D eigenvalue weighted by molar-refractivity contribution is -0.142. The summed E-state index contributed by atoms with van der Waals surface area (Å²) in [6, 6.07) is 3.10. The Labute approximate surface area is 187 Å². The van der Waals surface area contributed by atoms with Gasteiger partial charge in [-0.05, 0) is 42.9 Å². The fraction of sp³-hybridized carbons (Fsp3) is 0.524. The average molecular weight is 451 g/mol. The van der Waals surface area contributed by atoms with E-state index < -0.39 is 35.9 Å². The lowest BCUT2D eigenvalue weighted by Crippen LogP contribution is -2.55. The van der Waals surface area contributed by atoms with Crippen LogP contribution in [0.25, 0.3) is 0 Å². The number of guanidine groups is 1. The van der Waals surface area contributed by atoms with Crippen LogP contribution in [0.15, 0.2) is 29.3 Å². The van der Waals surface area contributed by atoms with Crippen LogP contribution in [0.3, 0.4) is 0 Å². The van der Waals surface area contributed by atoms with E-state index in [-0.39, 0.29) is 37.0 Å². The molecule has 3 atom stereocenters. The van der Waals surface area contributed by atoms with E-state index in [1.807, 2.05) is 13.8 Å². The number of aliphatic carboxylic acids is 1. The van der Waals surface area contributed by atoms with Gasteiger partial charge < -0.3 is 38.0 Å². The smallest absolute Gasteiger partial charge is 0.326 e. The van der Waals surface area contributed by atoms with Crippen molar-refractivity contribution in [2.24, 2.45) is 28.1 Å². The summed E-state index contributed by atoms with van der Waals surface area (Å²) in [6.45, 7) is 4.07. The highest BCUT2D eigenvalue weighted by molar-refractivity contribution is 5.92. The van der Waals surface area contributed by atoms with Gasteiger partial charge in [-0.25, -0.2) is 4.79 Å². The summed E-state index contributed by atoms with van der Waals surface area (Å²) in [5.74, 6) is -2.23. The molecule has 0 heterocycles.